The zero-order valence-electron chi connectivity index (χ0n) is 10.5. The highest BCUT2D eigenvalue weighted by atomic mass is 79.9. The van der Waals surface area contributed by atoms with Crippen molar-refractivity contribution in [2.45, 2.75) is 18.8 Å². The highest BCUT2D eigenvalue weighted by Crippen LogP contribution is 2.25. The second-order valence-corrected chi connectivity index (χ2v) is 5.19. The number of halogens is 1. The van der Waals surface area contributed by atoms with Gasteiger partial charge in [0.05, 0.1) is 12.5 Å². The maximum atomic E-state index is 12.5. The topological polar surface area (TPSA) is 46.6 Å². The number of hydrogen-bond acceptors (Lipinski definition) is 3. The fourth-order valence-electron chi connectivity index (χ4n) is 2.18. The van der Waals surface area contributed by atoms with E-state index in [0.717, 1.165) is 23.7 Å². The molecule has 1 saturated heterocycles. The van der Waals surface area contributed by atoms with Gasteiger partial charge in [0.2, 0.25) is 5.91 Å². The standard InChI is InChI=1S/C14H16BrNO3/c15-8-4-7-12(11-5-2-1-3-6-11)13(17)16-9-10-19-14(16)18/h1-3,5-6,12H,4,7-10H2/t12-/m1/s1. The summed E-state index contributed by atoms with van der Waals surface area (Å²) in [5, 5.41) is 0.841. The number of benzene rings is 1. The highest BCUT2D eigenvalue weighted by molar-refractivity contribution is 9.09. The summed E-state index contributed by atoms with van der Waals surface area (Å²) in [5.41, 5.74) is 0.952. The molecule has 1 aliphatic rings. The van der Waals surface area contributed by atoms with Crippen molar-refractivity contribution < 1.29 is 14.3 Å². The van der Waals surface area contributed by atoms with E-state index in [9.17, 15) is 9.59 Å². The molecule has 0 bridgehead atoms. The Hall–Kier alpha value is -1.36. The fraction of sp³-hybridized carbons (Fsp3) is 0.429. The summed E-state index contributed by atoms with van der Waals surface area (Å²) in [7, 11) is 0. The third-order valence-electron chi connectivity index (χ3n) is 3.15. The van der Waals surface area contributed by atoms with Gasteiger partial charge in [0.25, 0.3) is 0 Å². The van der Waals surface area contributed by atoms with Gasteiger partial charge in [-0.1, -0.05) is 46.3 Å². The quantitative estimate of drug-likeness (QED) is 0.782. The summed E-state index contributed by atoms with van der Waals surface area (Å²) in [6.45, 7) is 0.653. The Balaban J connectivity index is 2.17. The molecule has 5 heteroatoms. The Labute approximate surface area is 120 Å². The van der Waals surface area contributed by atoms with Crippen LogP contribution < -0.4 is 0 Å². The predicted molar refractivity (Wildman–Crippen MR) is 75.3 cm³/mol. The van der Waals surface area contributed by atoms with E-state index in [2.05, 4.69) is 15.9 Å². The van der Waals surface area contributed by atoms with Crippen molar-refractivity contribution in [3.8, 4) is 0 Å². The van der Waals surface area contributed by atoms with E-state index in [1.54, 1.807) is 0 Å². The fourth-order valence-corrected chi connectivity index (χ4v) is 2.50. The van der Waals surface area contributed by atoms with Crippen molar-refractivity contribution in [3.05, 3.63) is 35.9 Å². The zero-order valence-corrected chi connectivity index (χ0v) is 12.1. The summed E-state index contributed by atoms with van der Waals surface area (Å²) in [6.07, 6.45) is 1.08. The minimum absolute atomic E-state index is 0.158. The van der Waals surface area contributed by atoms with E-state index < -0.39 is 6.09 Å². The van der Waals surface area contributed by atoms with Crippen molar-refractivity contribution >= 4 is 27.9 Å². The second kappa shape index (κ2) is 6.70. The number of ether oxygens (including phenoxy) is 1. The lowest BCUT2D eigenvalue weighted by Crippen LogP contribution is -2.35. The summed E-state index contributed by atoms with van der Waals surface area (Å²) in [6, 6.07) is 9.59. The number of carbonyl (C=O) groups is 2. The second-order valence-electron chi connectivity index (χ2n) is 4.40. The number of nitrogens with zero attached hydrogens (tertiary/aromatic N) is 1. The number of imide groups is 1. The smallest absolute Gasteiger partial charge is 0.416 e. The lowest BCUT2D eigenvalue weighted by molar-refractivity contribution is -0.129. The van der Waals surface area contributed by atoms with Crippen LogP contribution in [0.4, 0.5) is 4.79 Å². The predicted octanol–water partition coefficient (Wildman–Crippen LogP) is 2.92. The minimum atomic E-state index is -0.523. The lowest BCUT2D eigenvalue weighted by atomic mass is 9.93. The minimum Gasteiger partial charge on any atom is -0.447 e. The van der Waals surface area contributed by atoms with Crippen molar-refractivity contribution in [1.82, 2.24) is 4.90 Å². The summed E-state index contributed by atoms with van der Waals surface area (Å²) in [5.74, 6) is -0.431. The molecule has 4 nitrogen and oxygen atoms in total. The molecular weight excluding hydrogens is 310 g/mol. The van der Waals surface area contributed by atoms with E-state index in [1.165, 1.54) is 4.90 Å². The monoisotopic (exact) mass is 325 g/mol. The Morgan fingerprint density at radius 3 is 2.68 bits per heavy atom. The van der Waals surface area contributed by atoms with E-state index in [4.69, 9.17) is 4.74 Å². The van der Waals surface area contributed by atoms with Gasteiger partial charge < -0.3 is 4.74 Å². The lowest BCUT2D eigenvalue weighted by Gasteiger charge is -2.20. The van der Waals surface area contributed by atoms with Gasteiger partial charge in [0.1, 0.15) is 6.61 Å². The molecule has 0 aliphatic carbocycles. The zero-order chi connectivity index (χ0) is 13.7. The maximum Gasteiger partial charge on any atom is 0.416 e. The van der Waals surface area contributed by atoms with Crippen LogP contribution in [-0.2, 0) is 9.53 Å². The number of hydrogen-bond donors (Lipinski definition) is 0. The summed E-state index contributed by atoms with van der Waals surface area (Å²) >= 11 is 3.38. The van der Waals surface area contributed by atoms with E-state index >= 15 is 0 Å². The first-order valence-corrected chi connectivity index (χ1v) is 7.45. The van der Waals surface area contributed by atoms with Crippen LogP contribution in [0.5, 0.6) is 0 Å². The number of rotatable bonds is 5. The first-order chi connectivity index (χ1) is 9.24. The number of carbonyl (C=O) groups excluding carboxylic acids is 2. The maximum absolute atomic E-state index is 12.5. The summed E-state index contributed by atoms with van der Waals surface area (Å²) in [4.78, 5) is 25.2. The molecule has 1 heterocycles. The largest absolute Gasteiger partial charge is 0.447 e. The molecule has 1 aromatic carbocycles. The molecule has 102 valence electrons. The van der Waals surface area contributed by atoms with Gasteiger partial charge in [0, 0.05) is 5.33 Å². The van der Waals surface area contributed by atoms with Crippen molar-refractivity contribution in [2.75, 3.05) is 18.5 Å². The highest BCUT2D eigenvalue weighted by Gasteiger charge is 2.33. The van der Waals surface area contributed by atoms with Crippen LogP contribution in [0.2, 0.25) is 0 Å². The van der Waals surface area contributed by atoms with Gasteiger partial charge in [-0.25, -0.2) is 9.69 Å². The van der Waals surface area contributed by atoms with Gasteiger partial charge in [-0.2, -0.15) is 0 Å². The van der Waals surface area contributed by atoms with Crippen LogP contribution in [0, 0.1) is 0 Å². The number of alkyl halides is 1. The molecule has 0 radical (unpaired) electrons. The average molecular weight is 326 g/mol. The molecule has 1 atom stereocenters. The molecule has 0 unspecified atom stereocenters. The Morgan fingerprint density at radius 2 is 2.11 bits per heavy atom. The van der Waals surface area contributed by atoms with Crippen molar-refractivity contribution in [3.63, 3.8) is 0 Å². The molecule has 1 aliphatic heterocycles. The van der Waals surface area contributed by atoms with Crippen molar-refractivity contribution in [1.29, 1.82) is 0 Å². The first-order valence-electron chi connectivity index (χ1n) is 6.33. The van der Waals surface area contributed by atoms with Crippen LogP contribution in [0.3, 0.4) is 0 Å². The number of amides is 2. The first kappa shape index (κ1) is 14.1. The van der Waals surface area contributed by atoms with E-state index in [1.807, 2.05) is 30.3 Å². The molecule has 2 rings (SSSR count). The molecule has 19 heavy (non-hydrogen) atoms. The SMILES string of the molecule is O=C1OCCN1C(=O)[C@H](CCCBr)c1ccccc1. The molecule has 1 aromatic rings. The Morgan fingerprint density at radius 1 is 1.37 bits per heavy atom. The van der Waals surface area contributed by atoms with Crippen LogP contribution in [0.15, 0.2) is 30.3 Å². The molecule has 2 amide bonds. The molecule has 0 saturated carbocycles. The van der Waals surface area contributed by atoms with Gasteiger partial charge in [-0.3, -0.25) is 4.79 Å². The molecule has 0 spiro atoms. The normalized spacial score (nSPS) is 16.3. The summed E-state index contributed by atoms with van der Waals surface area (Å²) < 4.78 is 4.83. The molecular formula is C14H16BrNO3. The number of cyclic esters (lactones) is 1. The molecule has 0 N–H and O–H groups in total. The van der Waals surface area contributed by atoms with Gasteiger partial charge in [-0.05, 0) is 18.4 Å². The average Bonchev–Trinajstić information content (AvgIpc) is 2.86. The molecule has 1 fully saturated rings. The Bertz CT molecular complexity index is 449. The van der Waals surface area contributed by atoms with Gasteiger partial charge in [-0.15, -0.1) is 0 Å². The van der Waals surface area contributed by atoms with E-state index in [0.29, 0.717) is 13.2 Å². The molecule has 0 aromatic heterocycles. The van der Waals surface area contributed by atoms with Gasteiger partial charge >= 0.3 is 6.09 Å². The van der Waals surface area contributed by atoms with Gasteiger partial charge in [0.15, 0.2) is 0 Å². The van der Waals surface area contributed by atoms with Crippen LogP contribution in [0.1, 0.15) is 24.3 Å². The third-order valence-corrected chi connectivity index (χ3v) is 3.71. The van der Waals surface area contributed by atoms with Crippen LogP contribution >= 0.6 is 15.9 Å². The van der Waals surface area contributed by atoms with Crippen molar-refractivity contribution in [2.24, 2.45) is 0 Å². The van der Waals surface area contributed by atoms with E-state index in [-0.39, 0.29) is 11.8 Å². The Kier molecular flexibility index (Phi) is 4.96. The van der Waals surface area contributed by atoms with Crippen LogP contribution in [-0.4, -0.2) is 35.4 Å². The van der Waals surface area contributed by atoms with Crippen LogP contribution in [0.25, 0.3) is 0 Å². The third kappa shape index (κ3) is 3.35.